The minimum Gasteiger partial charge on any atom is -0.299 e. The number of carbonyl (C=O) groups is 1. The van der Waals surface area contributed by atoms with E-state index in [0.717, 1.165) is 42.4 Å². The molecule has 28 heavy (non-hydrogen) atoms. The highest BCUT2D eigenvalue weighted by Crippen LogP contribution is 2.62. The molecular weight excluding hydrogens is 340 g/mol. The van der Waals surface area contributed by atoms with Crippen molar-refractivity contribution >= 4 is 5.78 Å². The summed E-state index contributed by atoms with van der Waals surface area (Å²) in [7, 11) is 0. The number of allylic oxidation sites excluding steroid dienone is 4. The van der Waals surface area contributed by atoms with Crippen LogP contribution in [0.3, 0.4) is 0 Å². The minimum absolute atomic E-state index is 0.437. The van der Waals surface area contributed by atoms with Gasteiger partial charge >= 0.3 is 0 Å². The molecule has 0 aliphatic heterocycles. The van der Waals surface area contributed by atoms with Crippen LogP contribution in [0.1, 0.15) is 98.8 Å². The van der Waals surface area contributed by atoms with Crippen molar-refractivity contribution in [1.29, 1.82) is 0 Å². The van der Waals surface area contributed by atoms with Gasteiger partial charge in [-0.3, -0.25) is 4.79 Å². The second-order valence-corrected chi connectivity index (χ2v) is 11.0. The Kier molecular flexibility index (Phi) is 7.26. The van der Waals surface area contributed by atoms with E-state index in [4.69, 9.17) is 0 Å². The number of fused-ring (bicyclic) bond motifs is 3. The minimum atomic E-state index is 0.437. The van der Waals surface area contributed by atoms with Gasteiger partial charge in [0.15, 0.2) is 0 Å². The van der Waals surface area contributed by atoms with E-state index in [2.05, 4.69) is 52.8 Å². The Morgan fingerprint density at radius 3 is 2.64 bits per heavy atom. The number of Topliss-reactive ketones (excluding diaryl/α,β-unsaturated/α-hetero) is 1. The second kappa shape index (κ2) is 9.31. The zero-order valence-electron chi connectivity index (χ0n) is 19.2. The van der Waals surface area contributed by atoms with Crippen LogP contribution in [0.15, 0.2) is 23.8 Å². The Morgan fingerprint density at radius 1 is 1.11 bits per heavy atom. The van der Waals surface area contributed by atoms with Crippen molar-refractivity contribution in [1.82, 2.24) is 0 Å². The maximum absolute atomic E-state index is 12.3. The third-order valence-electron chi connectivity index (χ3n) is 8.82. The lowest BCUT2D eigenvalue weighted by molar-refractivity contribution is -0.119. The molecule has 0 bridgehead atoms. The summed E-state index contributed by atoms with van der Waals surface area (Å²) in [5, 5.41) is 0. The molecule has 158 valence electrons. The molecule has 6 atom stereocenters. The average molecular weight is 385 g/mol. The topological polar surface area (TPSA) is 17.1 Å². The number of carbonyl (C=O) groups excluding carboxylic acids is 1. The summed E-state index contributed by atoms with van der Waals surface area (Å²) >= 11 is 0. The van der Waals surface area contributed by atoms with Crippen LogP contribution in [0.4, 0.5) is 0 Å². The number of hydrogen-bond acceptors (Lipinski definition) is 1. The lowest BCUT2D eigenvalue weighted by Crippen LogP contribution is -2.43. The Balaban J connectivity index is 1.76. The van der Waals surface area contributed by atoms with Crippen molar-refractivity contribution in [3.63, 3.8) is 0 Å². The van der Waals surface area contributed by atoms with Crippen LogP contribution in [0.5, 0.6) is 0 Å². The third-order valence-corrected chi connectivity index (χ3v) is 8.82. The predicted octanol–water partition coefficient (Wildman–Crippen LogP) is 7.76. The van der Waals surface area contributed by atoms with Gasteiger partial charge in [0, 0.05) is 12.8 Å². The summed E-state index contributed by atoms with van der Waals surface area (Å²) in [6, 6.07) is 0. The van der Waals surface area contributed by atoms with E-state index in [9.17, 15) is 4.79 Å². The highest BCUT2D eigenvalue weighted by Gasteiger charge is 2.54. The quantitative estimate of drug-likeness (QED) is 0.473. The van der Waals surface area contributed by atoms with Crippen LogP contribution in [0.2, 0.25) is 0 Å². The second-order valence-electron chi connectivity index (χ2n) is 11.0. The van der Waals surface area contributed by atoms with Crippen molar-refractivity contribution in [2.75, 3.05) is 0 Å². The first-order chi connectivity index (χ1) is 13.3. The van der Waals surface area contributed by atoms with Gasteiger partial charge in [-0.25, -0.2) is 0 Å². The standard InChI is InChI=1S/C27H44O/c1-19(2)9-8-11-21(4)25-15-16-26-24-14-13-22(28)12-7-6-10-20(3)23(24)17-18-27(25,26)5/h6-7,10,19,21,23-26H,8-9,11-18H2,1-5H3/b7-6-,20-10+/t21-,23-,24-,25-,26+,27-/m1/s1. The molecule has 0 saturated heterocycles. The molecule has 0 unspecified atom stereocenters. The molecule has 3 rings (SSSR count). The fourth-order valence-corrected chi connectivity index (χ4v) is 7.25. The van der Waals surface area contributed by atoms with E-state index in [1.54, 1.807) is 5.57 Å². The van der Waals surface area contributed by atoms with Gasteiger partial charge in [0.25, 0.3) is 0 Å². The first-order valence-electron chi connectivity index (χ1n) is 12.2. The summed E-state index contributed by atoms with van der Waals surface area (Å²) in [4.78, 5) is 12.3. The fourth-order valence-electron chi connectivity index (χ4n) is 7.25. The lowest BCUT2D eigenvalue weighted by atomic mass is 9.54. The highest BCUT2D eigenvalue weighted by molar-refractivity contribution is 5.79. The van der Waals surface area contributed by atoms with Crippen molar-refractivity contribution in [2.24, 2.45) is 40.9 Å². The SMILES string of the molecule is C/C1=C\C=C/CC(=O)CC[C@@H]2[C@@H]1CC[C@]1(C)[C@@H]([C@H](C)CCCC(C)C)CC[C@@H]21. The van der Waals surface area contributed by atoms with Gasteiger partial charge in [0.1, 0.15) is 5.78 Å². The van der Waals surface area contributed by atoms with Crippen LogP contribution in [-0.4, -0.2) is 5.78 Å². The lowest BCUT2D eigenvalue weighted by Gasteiger charge is -2.50. The molecule has 3 aliphatic rings. The summed E-state index contributed by atoms with van der Waals surface area (Å²) in [6.07, 6.45) is 18.8. The molecule has 2 saturated carbocycles. The molecule has 3 aliphatic carbocycles. The molecule has 0 aromatic carbocycles. The Hall–Kier alpha value is -0.850. The van der Waals surface area contributed by atoms with Crippen LogP contribution in [0, 0.1) is 40.9 Å². The number of ketones is 1. The zero-order chi connectivity index (χ0) is 20.3. The summed E-state index contributed by atoms with van der Waals surface area (Å²) < 4.78 is 0. The summed E-state index contributed by atoms with van der Waals surface area (Å²) in [6.45, 7) is 12.2. The van der Waals surface area contributed by atoms with Gasteiger partial charge in [-0.2, -0.15) is 0 Å². The van der Waals surface area contributed by atoms with Crippen molar-refractivity contribution in [3.8, 4) is 0 Å². The number of rotatable bonds is 5. The van der Waals surface area contributed by atoms with E-state index in [-0.39, 0.29) is 0 Å². The predicted molar refractivity (Wildman–Crippen MR) is 120 cm³/mol. The monoisotopic (exact) mass is 384 g/mol. The van der Waals surface area contributed by atoms with Crippen molar-refractivity contribution in [2.45, 2.75) is 98.8 Å². The Morgan fingerprint density at radius 2 is 1.89 bits per heavy atom. The smallest absolute Gasteiger partial charge is 0.136 e. The third kappa shape index (κ3) is 4.65. The maximum Gasteiger partial charge on any atom is 0.136 e. The van der Waals surface area contributed by atoms with E-state index in [1.807, 2.05) is 0 Å². The fraction of sp³-hybridized carbons (Fsp3) is 0.815. The molecule has 2 fully saturated rings. The van der Waals surface area contributed by atoms with E-state index in [1.165, 1.54) is 44.9 Å². The molecular formula is C27H44O. The molecule has 0 aromatic heterocycles. The largest absolute Gasteiger partial charge is 0.299 e. The van der Waals surface area contributed by atoms with Crippen molar-refractivity contribution < 1.29 is 4.79 Å². The molecule has 0 radical (unpaired) electrons. The van der Waals surface area contributed by atoms with Crippen LogP contribution in [-0.2, 0) is 4.79 Å². The van der Waals surface area contributed by atoms with Crippen LogP contribution < -0.4 is 0 Å². The molecule has 1 nitrogen and oxygen atoms in total. The first kappa shape index (κ1) is 21.8. The van der Waals surface area contributed by atoms with E-state index >= 15 is 0 Å². The van der Waals surface area contributed by atoms with Gasteiger partial charge in [-0.05, 0) is 80.0 Å². The van der Waals surface area contributed by atoms with E-state index in [0.29, 0.717) is 23.5 Å². The molecule has 0 aromatic rings. The van der Waals surface area contributed by atoms with Gasteiger partial charge in [0.2, 0.25) is 0 Å². The molecule has 0 N–H and O–H groups in total. The van der Waals surface area contributed by atoms with Crippen LogP contribution in [0.25, 0.3) is 0 Å². The van der Waals surface area contributed by atoms with Crippen LogP contribution >= 0.6 is 0 Å². The first-order valence-corrected chi connectivity index (χ1v) is 12.2. The van der Waals surface area contributed by atoms with Gasteiger partial charge in [0.05, 0.1) is 0 Å². The van der Waals surface area contributed by atoms with Gasteiger partial charge in [-0.15, -0.1) is 0 Å². The molecule has 0 heterocycles. The molecule has 1 heteroatoms. The number of hydrogen-bond donors (Lipinski definition) is 0. The molecule has 0 spiro atoms. The zero-order valence-corrected chi connectivity index (χ0v) is 19.2. The summed E-state index contributed by atoms with van der Waals surface area (Å²) in [5.74, 6) is 5.25. The highest BCUT2D eigenvalue weighted by atomic mass is 16.1. The van der Waals surface area contributed by atoms with Crippen molar-refractivity contribution in [3.05, 3.63) is 23.8 Å². The Labute approximate surface area is 174 Å². The normalized spacial score (nSPS) is 40.4. The average Bonchev–Trinajstić information content (AvgIpc) is 2.99. The molecule has 0 amide bonds. The van der Waals surface area contributed by atoms with Gasteiger partial charge in [-0.1, -0.05) is 70.8 Å². The summed E-state index contributed by atoms with van der Waals surface area (Å²) in [5.41, 5.74) is 2.06. The Bertz CT molecular complexity index is 597. The maximum atomic E-state index is 12.3. The van der Waals surface area contributed by atoms with E-state index < -0.39 is 0 Å². The van der Waals surface area contributed by atoms with Gasteiger partial charge < -0.3 is 0 Å².